The number of halogens is 1. The van der Waals surface area contributed by atoms with Gasteiger partial charge in [0, 0.05) is 25.9 Å². The van der Waals surface area contributed by atoms with Crippen LogP contribution >= 0.6 is 11.6 Å². The SMILES string of the molecule is CNc1ncccc1CN(C)C(=O)OCCl. The van der Waals surface area contributed by atoms with E-state index in [2.05, 4.69) is 15.0 Å². The number of carbonyl (C=O) groups excluding carboxylic acids is 1. The van der Waals surface area contributed by atoms with E-state index in [1.807, 2.05) is 12.1 Å². The maximum atomic E-state index is 11.3. The highest BCUT2D eigenvalue weighted by molar-refractivity contribution is 6.17. The first-order chi connectivity index (χ1) is 7.69. The van der Waals surface area contributed by atoms with Crippen LogP contribution in [-0.2, 0) is 11.3 Å². The van der Waals surface area contributed by atoms with Gasteiger partial charge in [-0.25, -0.2) is 9.78 Å². The van der Waals surface area contributed by atoms with Gasteiger partial charge in [0.15, 0.2) is 6.07 Å². The number of aromatic nitrogens is 1. The number of hydrogen-bond acceptors (Lipinski definition) is 4. The first-order valence-electron chi connectivity index (χ1n) is 4.74. The summed E-state index contributed by atoms with van der Waals surface area (Å²) in [7, 11) is 3.42. The van der Waals surface area contributed by atoms with Gasteiger partial charge in [-0.1, -0.05) is 17.7 Å². The smallest absolute Gasteiger partial charge is 0.411 e. The van der Waals surface area contributed by atoms with Crippen LogP contribution in [0.5, 0.6) is 0 Å². The minimum Gasteiger partial charge on any atom is -0.433 e. The maximum Gasteiger partial charge on any atom is 0.411 e. The second kappa shape index (κ2) is 6.17. The van der Waals surface area contributed by atoms with Crippen LogP contribution in [0.15, 0.2) is 18.3 Å². The predicted octanol–water partition coefficient (Wildman–Crippen LogP) is 1.89. The van der Waals surface area contributed by atoms with E-state index in [9.17, 15) is 4.79 Å². The summed E-state index contributed by atoms with van der Waals surface area (Å²) in [5.74, 6) is 0.744. The number of nitrogens with one attached hydrogen (secondary N) is 1. The van der Waals surface area contributed by atoms with Gasteiger partial charge >= 0.3 is 6.09 Å². The molecule has 1 aromatic rings. The number of hydrogen-bond donors (Lipinski definition) is 1. The summed E-state index contributed by atoms with van der Waals surface area (Å²) in [6.07, 6.45) is 1.23. The molecule has 1 N–H and O–H groups in total. The molecule has 0 aliphatic carbocycles. The van der Waals surface area contributed by atoms with Gasteiger partial charge in [0.1, 0.15) is 5.82 Å². The normalized spacial score (nSPS) is 9.69. The lowest BCUT2D eigenvalue weighted by Crippen LogP contribution is -2.27. The average Bonchev–Trinajstić information content (AvgIpc) is 2.30. The zero-order chi connectivity index (χ0) is 12.0. The zero-order valence-corrected chi connectivity index (χ0v) is 9.99. The molecular formula is C10H14ClN3O2. The van der Waals surface area contributed by atoms with E-state index in [0.717, 1.165) is 11.4 Å². The molecule has 1 rings (SSSR count). The van der Waals surface area contributed by atoms with E-state index in [1.54, 1.807) is 20.3 Å². The van der Waals surface area contributed by atoms with Crippen molar-refractivity contribution in [1.29, 1.82) is 0 Å². The van der Waals surface area contributed by atoms with E-state index in [-0.39, 0.29) is 6.07 Å². The van der Waals surface area contributed by atoms with Crippen LogP contribution in [0.25, 0.3) is 0 Å². The number of rotatable bonds is 4. The molecule has 0 bridgehead atoms. The first-order valence-corrected chi connectivity index (χ1v) is 5.28. The van der Waals surface area contributed by atoms with Crippen molar-refractivity contribution >= 4 is 23.5 Å². The van der Waals surface area contributed by atoms with Crippen LogP contribution in [0.2, 0.25) is 0 Å². The van der Waals surface area contributed by atoms with Crippen molar-refractivity contribution in [3.63, 3.8) is 0 Å². The lowest BCUT2D eigenvalue weighted by Gasteiger charge is -2.17. The van der Waals surface area contributed by atoms with Gasteiger partial charge in [-0.2, -0.15) is 0 Å². The Balaban J connectivity index is 2.68. The van der Waals surface area contributed by atoms with E-state index >= 15 is 0 Å². The van der Waals surface area contributed by atoms with Crippen LogP contribution in [0.1, 0.15) is 5.56 Å². The molecule has 0 saturated carbocycles. The highest BCUT2D eigenvalue weighted by Gasteiger charge is 2.12. The molecule has 0 aliphatic heterocycles. The Kier molecular flexibility index (Phi) is 4.85. The van der Waals surface area contributed by atoms with Crippen LogP contribution in [-0.4, -0.2) is 36.1 Å². The molecule has 0 aromatic carbocycles. The van der Waals surface area contributed by atoms with E-state index in [4.69, 9.17) is 11.6 Å². The maximum absolute atomic E-state index is 11.3. The molecule has 0 unspecified atom stereocenters. The summed E-state index contributed by atoms with van der Waals surface area (Å²) in [6, 6.07) is 3.56. The van der Waals surface area contributed by atoms with Crippen LogP contribution in [0, 0.1) is 0 Å². The van der Waals surface area contributed by atoms with Crippen LogP contribution < -0.4 is 5.32 Å². The van der Waals surface area contributed by atoms with Crippen LogP contribution in [0.4, 0.5) is 10.6 Å². The molecule has 1 heterocycles. The lowest BCUT2D eigenvalue weighted by atomic mass is 10.2. The van der Waals surface area contributed by atoms with E-state index in [1.165, 1.54) is 4.90 Å². The standard InChI is InChI=1S/C10H14ClN3O2/c1-12-9-8(4-3-5-13-9)6-14(2)10(15)16-7-11/h3-5H,6-7H2,1-2H3,(H,12,13). The minimum absolute atomic E-state index is 0.144. The molecule has 6 heteroatoms. The van der Waals surface area contributed by atoms with Crippen LogP contribution in [0.3, 0.4) is 0 Å². The van der Waals surface area contributed by atoms with Crippen molar-refractivity contribution in [2.24, 2.45) is 0 Å². The average molecular weight is 244 g/mol. The van der Waals surface area contributed by atoms with Crippen molar-refractivity contribution in [2.45, 2.75) is 6.54 Å². The van der Waals surface area contributed by atoms with Crippen molar-refractivity contribution in [3.8, 4) is 0 Å². The topological polar surface area (TPSA) is 54.5 Å². The molecule has 88 valence electrons. The van der Waals surface area contributed by atoms with Crippen molar-refractivity contribution in [1.82, 2.24) is 9.88 Å². The summed E-state index contributed by atoms with van der Waals surface area (Å²) in [5.41, 5.74) is 0.916. The minimum atomic E-state index is -0.457. The third kappa shape index (κ3) is 3.27. The van der Waals surface area contributed by atoms with Gasteiger partial charge in [-0.05, 0) is 6.07 Å². The fourth-order valence-electron chi connectivity index (χ4n) is 1.27. The number of ether oxygens (including phenoxy) is 1. The highest BCUT2D eigenvalue weighted by atomic mass is 35.5. The molecule has 5 nitrogen and oxygen atoms in total. The van der Waals surface area contributed by atoms with Gasteiger partial charge in [0.25, 0.3) is 0 Å². The number of amides is 1. The summed E-state index contributed by atoms with van der Waals surface area (Å²) < 4.78 is 4.66. The molecule has 1 aromatic heterocycles. The summed E-state index contributed by atoms with van der Waals surface area (Å²) in [5, 5.41) is 2.96. The Hall–Kier alpha value is -1.49. The van der Waals surface area contributed by atoms with Gasteiger partial charge in [0.05, 0.1) is 6.54 Å². The molecule has 16 heavy (non-hydrogen) atoms. The van der Waals surface area contributed by atoms with E-state index < -0.39 is 6.09 Å². The van der Waals surface area contributed by atoms with E-state index in [0.29, 0.717) is 6.54 Å². The monoisotopic (exact) mass is 243 g/mol. The van der Waals surface area contributed by atoms with Gasteiger partial charge in [-0.3, -0.25) is 0 Å². The Morgan fingerprint density at radius 2 is 2.44 bits per heavy atom. The first kappa shape index (κ1) is 12.6. The molecule has 0 saturated heterocycles. The lowest BCUT2D eigenvalue weighted by molar-refractivity contribution is 0.125. The Morgan fingerprint density at radius 3 is 3.06 bits per heavy atom. The predicted molar refractivity (Wildman–Crippen MR) is 62.5 cm³/mol. The quantitative estimate of drug-likeness (QED) is 0.821. The second-order valence-corrected chi connectivity index (χ2v) is 3.35. The zero-order valence-electron chi connectivity index (χ0n) is 9.24. The largest absolute Gasteiger partial charge is 0.433 e. The summed E-state index contributed by atoms with van der Waals surface area (Å²) in [4.78, 5) is 16.9. The molecule has 0 fully saturated rings. The Labute approximate surface area is 99.4 Å². The third-order valence-electron chi connectivity index (χ3n) is 2.03. The van der Waals surface area contributed by atoms with Crippen molar-refractivity contribution in [3.05, 3.63) is 23.9 Å². The molecule has 0 spiro atoms. The summed E-state index contributed by atoms with van der Waals surface area (Å²) >= 11 is 5.31. The van der Waals surface area contributed by atoms with Gasteiger partial charge in [0.2, 0.25) is 0 Å². The Bertz CT molecular complexity index is 360. The van der Waals surface area contributed by atoms with Gasteiger partial charge < -0.3 is 15.0 Å². The second-order valence-electron chi connectivity index (χ2n) is 3.14. The number of anilines is 1. The molecule has 0 radical (unpaired) electrons. The fraction of sp³-hybridized carbons (Fsp3) is 0.400. The van der Waals surface area contributed by atoms with Crippen molar-refractivity contribution in [2.75, 3.05) is 25.5 Å². The Morgan fingerprint density at radius 1 is 1.69 bits per heavy atom. The fourth-order valence-corrected chi connectivity index (χ4v) is 1.36. The third-order valence-corrected chi connectivity index (χ3v) is 2.13. The number of nitrogens with zero attached hydrogens (tertiary/aromatic N) is 2. The number of pyridine rings is 1. The summed E-state index contributed by atoms with van der Waals surface area (Å²) in [6.45, 7) is 0.416. The number of alkyl halides is 1. The van der Waals surface area contributed by atoms with Gasteiger partial charge in [-0.15, -0.1) is 0 Å². The number of carbonyl (C=O) groups is 1. The molecule has 0 aliphatic rings. The highest BCUT2D eigenvalue weighted by Crippen LogP contribution is 2.13. The molecule has 0 atom stereocenters. The van der Waals surface area contributed by atoms with Crippen molar-refractivity contribution < 1.29 is 9.53 Å². The molecule has 1 amide bonds. The molecular weight excluding hydrogens is 230 g/mol.